The van der Waals surface area contributed by atoms with Crippen molar-refractivity contribution >= 4 is 11.8 Å². The molecule has 0 unspecified atom stereocenters. The van der Waals surface area contributed by atoms with E-state index in [2.05, 4.69) is 11.9 Å². The van der Waals surface area contributed by atoms with E-state index in [0.717, 1.165) is 51.0 Å². The molecule has 6 heteroatoms. The quantitative estimate of drug-likeness (QED) is 0.805. The lowest BCUT2D eigenvalue weighted by Crippen LogP contribution is -2.53. The van der Waals surface area contributed by atoms with Gasteiger partial charge in [0.05, 0.1) is 6.54 Å². The second kappa shape index (κ2) is 8.16. The van der Waals surface area contributed by atoms with E-state index in [9.17, 15) is 9.59 Å². The van der Waals surface area contributed by atoms with Crippen LogP contribution in [-0.2, 0) is 16.1 Å². The van der Waals surface area contributed by atoms with E-state index in [4.69, 9.17) is 0 Å². The normalized spacial score (nSPS) is 20.0. The predicted molar refractivity (Wildman–Crippen MR) is 100 cm³/mol. The number of hydrogen-bond acceptors (Lipinski definition) is 4. The molecule has 3 rings (SSSR count). The average Bonchev–Trinajstić information content (AvgIpc) is 2.66. The molecule has 6 nitrogen and oxygen atoms in total. The third-order valence-corrected chi connectivity index (χ3v) is 5.97. The summed E-state index contributed by atoms with van der Waals surface area (Å²) in [6, 6.07) is 3.93. The van der Waals surface area contributed by atoms with Crippen molar-refractivity contribution in [3.05, 3.63) is 30.1 Å². The summed E-state index contributed by atoms with van der Waals surface area (Å²) in [6.45, 7) is 6.50. The molecule has 0 saturated carbocycles. The van der Waals surface area contributed by atoms with Crippen molar-refractivity contribution in [1.82, 2.24) is 19.7 Å². The first-order valence-corrected chi connectivity index (χ1v) is 9.64. The summed E-state index contributed by atoms with van der Waals surface area (Å²) >= 11 is 0. The summed E-state index contributed by atoms with van der Waals surface area (Å²) in [7, 11) is 1.98. The van der Waals surface area contributed by atoms with E-state index >= 15 is 0 Å². The highest BCUT2D eigenvalue weighted by Gasteiger charge is 2.41. The average molecular weight is 358 g/mol. The van der Waals surface area contributed by atoms with Crippen LogP contribution in [0.15, 0.2) is 24.5 Å². The Morgan fingerprint density at radius 1 is 1.31 bits per heavy atom. The minimum Gasteiger partial charge on any atom is -0.342 e. The molecule has 0 N–H and O–H groups in total. The van der Waals surface area contributed by atoms with Gasteiger partial charge in [0.25, 0.3) is 0 Å². The first-order chi connectivity index (χ1) is 12.5. The van der Waals surface area contributed by atoms with Gasteiger partial charge >= 0.3 is 0 Å². The zero-order chi connectivity index (χ0) is 18.6. The fourth-order valence-electron chi connectivity index (χ4n) is 4.04. The minimum atomic E-state index is 0.170. The molecule has 26 heavy (non-hydrogen) atoms. The number of carbonyl (C=O) groups is 2. The van der Waals surface area contributed by atoms with Gasteiger partial charge in [-0.3, -0.25) is 19.5 Å². The van der Waals surface area contributed by atoms with Gasteiger partial charge in [-0.05, 0) is 49.9 Å². The molecular weight excluding hydrogens is 328 g/mol. The molecule has 2 aliphatic heterocycles. The maximum Gasteiger partial charge on any atom is 0.236 e. The van der Waals surface area contributed by atoms with Gasteiger partial charge < -0.3 is 9.80 Å². The molecule has 1 aromatic heterocycles. The van der Waals surface area contributed by atoms with Crippen molar-refractivity contribution in [2.24, 2.45) is 5.41 Å². The van der Waals surface area contributed by atoms with Gasteiger partial charge in [0.15, 0.2) is 0 Å². The van der Waals surface area contributed by atoms with Crippen molar-refractivity contribution in [2.75, 3.05) is 39.8 Å². The summed E-state index contributed by atoms with van der Waals surface area (Å²) in [5.41, 5.74) is 1.25. The highest BCUT2D eigenvalue weighted by Crippen LogP contribution is 2.40. The van der Waals surface area contributed by atoms with Crippen LogP contribution in [0, 0.1) is 5.41 Å². The second-order valence-corrected chi connectivity index (χ2v) is 7.82. The lowest BCUT2D eigenvalue weighted by molar-refractivity contribution is -0.143. The van der Waals surface area contributed by atoms with Gasteiger partial charge in [0.2, 0.25) is 11.8 Å². The fraction of sp³-hybridized carbons (Fsp3) is 0.650. The Morgan fingerprint density at radius 2 is 2.08 bits per heavy atom. The van der Waals surface area contributed by atoms with E-state index in [1.54, 1.807) is 6.20 Å². The van der Waals surface area contributed by atoms with Crippen molar-refractivity contribution in [3.8, 4) is 0 Å². The maximum absolute atomic E-state index is 12.4. The molecule has 1 aromatic rings. The monoisotopic (exact) mass is 358 g/mol. The highest BCUT2D eigenvalue weighted by atomic mass is 16.2. The molecule has 0 aliphatic carbocycles. The molecule has 0 radical (unpaired) electrons. The van der Waals surface area contributed by atoms with E-state index in [1.807, 2.05) is 40.1 Å². The summed E-state index contributed by atoms with van der Waals surface area (Å²) in [5.74, 6) is 0.464. The lowest BCUT2D eigenvalue weighted by atomic mass is 9.72. The molecular formula is C20H30N4O2. The van der Waals surface area contributed by atoms with Crippen molar-refractivity contribution in [1.29, 1.82) is 0 Å². The summed E-state index contributed by atoms with van der Waals surface area (Å²) in [5, 5.41) is 0. The zero-order valence-corrected chi connectivity index (χ0v) is 16.0. The van der Waals surface area contributed by atoms with Gasteiger partial charge in [0, 0.05) is 45.0 Å². The SMILES string of the molecule is CCN(C)CC(=O)N1CCC2(CCC(=O)N(Cc3cccnc3)C2)CC1. The number of pyridine rings is 1. The zero-order valence-electron chi connectivity index (χ0n) is 16.0. The predicted octanol–water partition coefficient (Wildman–Crippen LogP) is 1.76. The minimum absolute atomic E-state index is 0.170. The number of amides is 2. The first-order valence-electron chi connectivity index (χ1n) is 9.64. The van der Waals surface area contributed by atoms with Gasteiger partial charge in [-0.15, -0.1) is 0 Å². The number of rotatable bonds is 5. The van der Waals surface area contributed by atoms with E-state index in [1.165, 1.54) is 0 Å². The van der Waals surface area contributed by atoms with Crippen LogP contribution in [0.1, 0.15) is 38.2 Å². The Labute approximate surface area is 156 Å². The Balaban J connectivity index is 1.57. The lowest BCUT2D eigenvalue weighted by Gasteiger charge is -2.47. The molecule has 2 aliphatic rings. The Morgan fingerprint density at radius 3 is 2.73 bits per heavy atom. The third kappa shape index (κ3) is 4.41. The van der Waals surface area contributed by atoms with Crippen LogP contribution < -0.4 is 0 Å². The summed E-state index contributed by atoms with van der Waals surface area (Å²) < 4.78 is 0. The number of nitrogens with zero attached hydrogens (tertiary/aromatic N) is 4. The van der Waals surface area contributed by atoms with E-state index in [-0.39, 0.29) is 17.2 Å². The molecule has 0 atom stereocenters. The first kappa shape index (κ1) is 18.8. The van der Waals surface area contributed by atoms with Crippen LogP contribution in [0.4, 0.5) is 0 Å². The van der Waals surface area contributed by atoms with Crippen LogP contribution in [0.5, 0.6) is 0 Å². The second-order valence-electron chi connectivity index (χ2n) is 7.82. The van der Waals surface area contributed by atoms with Crippen LogP contribution >= 0.6 is 0 Å². The summed E-state index contributed by atoms with van der Waals surface area (Å²) in [4.78, 5) is 35.0. The molecule has 2 amide bonds. The number of piperidine rings is 2. The third-order valence-electron chi connectivity index (χ3n) is 5.97. The Kier molecular flexibility index (Phi) is 5.91. The highest BCUT2D eigenvalue weighted by molar-refractivity contribution is 5.78. The topological polar surface area (TPSA) is 56.8 Å². The molecule has 142 valence electrons. The maximum atomic E-state index is 12.4. The van der Waals surface area contributed by atoms with Gasteiger partial charge in [-0.2, -0.15) is 0 Å². The van der Waals surface area contributed by atoms with Crippen LogP contribution in [-0.4, -0.2) is 71.3 Å². The molecule has 1 spiro atoms. The molecule has 3 heterocycles. The van der Waals surface area contributed by atoms with Gasteiger partial charge in [0.1, 0.15) is 0 Å². The van der Waals surface area contributed by atoms with E-state index in [0.29, 0.717) is 19.5 Å². The summed E-state index contributed by atoms with van der Waals surface area (Å²) in [6.07, 6.45) is 7.14. The number of likely N-dealkylation sites (tertiary alicyclic amines) is 2. The Bertz CT molecular complexity index is 626. The molecule has 2 saturated heterocycles. The molecule has 0 aromatic carbocycles. The van der Waals surface area contributed by atoms with Gasteiger partial charge in [-0.25, -0.2) is 0 Å². The molecule has 2 fully saturated rings. The smallest absolute Gasteiger partial charge is 0.236 e. The van der Waals surface area contributed by atoms with Gasteiger partial charge in [-0.1, -0.05) is 13.0 Å². The molecule has 0 bridgehead atoms. The largest absolute Gasteiger partial charge is 0.342 e. The van der Waals surface area contributed by atoms with Crippen LogP contribution in [0.25, 0.3) is 0 Å². The number of carbonyl (C=O) groups excluding carboxylic acids is 2. The van der Waals surface area contributed by atoms with E-state index < -0.39 is 0 Å². The van der Waals surface area contributed by atoms with Crippen molar-refractivity contribution in [3.63, 3.8) is 0 Å². The fourth-order valence-corrected chi connectivity index (χ4v) is 4.04. The number of aromatic nitrogens is 1. The van der Waals surface area contributed by atoms with Crippen molar-refractivity contribution in [2.45, 2.75) is 39.2 Å². The number of hydrogen-bond donors (Lipinski definition) is 0. The van der Waals surface area contributed by atoms with Crippen molar-refractivity contribution < 1.29 is 9.59 Å². The van der Waals surface area contributed by atoms with Crippen LogP contribution in [0.2, 0.25) is 0 Å². The Hall–Kier alpha value is -1.95. The standard InChI is InChI=1S/C20H30N4O2/c1-3-22(2)15-19(26)23-11-8-20(9-12-23)7-6-18(25)24(16-20)14-17-5-4-10-21-13-17/h4-5,10,13H,3,6-9,11-12,14-16H2,1-2H3. The van der Waals surface area contributed by atoms with Crippen LogP contribution in [0.3, 0.4) is 0 Å². The number of likely N-dealkylation sites (N-methyl/N-ethyl adjacent to an activating group) is 1.